The summed E-state index contributed by atoms with van der Waals surface area (Å²) in [7, 11) is 4.71. The van der Waals surface area contributed by atoms with Gasteiger partial charge in [-0.2, -0.15) is 0 Å². The molecule has 0 saturated carbocycles. The summed E-state index contributed by atoms with van der Waals surface area (Å²) in [5.41, 5.74) is 6.98. The maximum atomic E-state index is 13.8. The molecule has 0 bridgehead atoms. The van der Waals surface area contributed by atoms with Crippen molar-refractivity contribution in [3.05, 3.63) is 107 Å². The van der Waals surface area contributed by atoms with Crippen LogP contribution in [-0.2, 0) is 0 Å². The molecule has 12 heteroatoms. The molecule has 0 saturated heterocycles. The van der Waals surface area contributed by atoms with Gasteiger partial charge < -0.3 is 39.2 Å². The summed E-state index contributed by atoms with van der Waals surface area (Å²) in [6.07, 6.45) is 9.85. The number of ether oxygens (including phenoxy) is 5. The normalized spacial score (nSPS) is 17.5. The monoisotopic (exact) mass is 769 g/mol. The number of carbonyl (C=O) groups excluding carboxylic acids is 2. The second-order valence-corrected chi connectivity index (χ2v) is 14.1. The topological polar surface area (TPSA) is 132 Å². The number of carbonyl (C=O) groups is 2. The first-order chi connectivity index (χ1) is 27.7. The van der Waals surface area contributed by atoms with Gasteiger partial charge in [0.25, 0.3) is 11.8 Å². The van der Waals surface area contributed by atoms with Crippen LogP contribution in [0.15, 0.2) is 95.2 Å². The third-order valence-corrected chi connectivity index (χ3v) is 9.87. The van der Waals surface area contributed by atoms with Crippen LogP contribution >= 0.6 is 0 Å². The van der Waals surface area contributed by atoms with Crippen LogP contribution in [0.2, 0.25) is 0 Å². The van der Waals surface area contributed by atoms with Crippen molar-refractivity contribution in [3.63, 3.8) is 0 Å². The van der Waals surface area contributed by atoms with E-state index in [1.807, 2.05) is 42.9 Å². The molecule has 2 amide bonds. The molecule has 3 heterocycles. The molecule has 1 atom stereocenters. The van der Waals surface area contributed by atoms with E-state index in [0.717, 1.165) is 33.7 Å². The molecule has 0 spiro atoms. The van der Waals surface area contributed by atoms with Gasteiger partial charge in [-0.05, 0) is 85.4 Å². The van der Waals surface area contributed by atoms with E-state index in [4.69, 9.17) is 28.7 Å². The van der Waals surface area contributed by atoms with Gasteiger partial charge in [-0.1, -0.05) is 24.3 Å². The highest BCUT2D eigenvalue weighted by Gasteiger charge is 2.33. The Morgan fingerprint density at radius 1 is 0.772 bits per heavy atom. The summed E-state index contributed by atoms with van der Waals surface area (Å²) >= 11 is 0. The SMILES string of the molecule is COc1ccc(/C2=C/NC(=O)c3cc(OC)c(OCCCOc4cc5c(cc4OC)C(=O)N4C=C(c6ccc(NC(C)C)cc6)C[C@H]4C=N5)cc3/N=C\CC2)cc1. The van der Waals surface area contributed by atoms with E-state index in [9.17, 15) is 9.59 Å². The Kier molecular flexibility index (Phi) is 11.9. The Hall–Kier alpha value is -6.56. The van der Waals surface area contributed by atoms with Gasteiger partial charge in [0, 0.05) is 61.5 Å². The van der Waals surface area contributed by atoms with Gasteiger partial charge in [0.1, 0.15) is 5.75 Å². The Morgan fingerprint density at radius 3 is 2.05 bits per heavy atom. The molecular formula is C45H47N5O7. The number of fused-ring (bicyclic) bond motifs is 3. The van der Waals surface area contributed by atoms with Crippen molar-refractivity contribution in [1.82, 2.24) is 10.2 Å². The second kappa shape index (κ2) is 17.5. The smallest absolute Gasteiger partial charge is 0.260 e. The van der Waals surface area contributed by atoms with Crippen molar-refractivity contribution in [1.29, 1.82) is 0 Å². The molecule has 4 aromatic carbocycles. The van der Waals surface area contributed by atoms with Gasteiger partial charge in [0.15, 0.2) is 23.0 Å². The maximum Gasteiger partial charge on any atom is 0.260 e. The number of aliphatic imine (C=N–C) groups is 2. The maximum absolute atomic E-state index is 13.8. The molecule has 294 valence electrons. The fourth-order valence-corrected chi connectivity index (χ4v) is 6.94. The predicted octanol–water partition coefficient (Wildman–Crippen LogP) is 8.62. The van der Waals surface area contributed by atoms with Crippen molar-refractivity contribution >= 4 is 52.5 Å². The van der Waals surface area contributed by atoms with E-state index in [0.29, 0.717) is 90.4 Å². The summed E-state index contributed by atoms with van der Waals surface area (Å²) in [5, 5.41) is 6.34. The number of benzene rings is 4. The lowest BCUT2D eigenvalue weighted by molar-refractivity contribution is 0.0817. The average molecular weight is 770 g/mol. The Labute approximate surface area is 332 Å². The van der Waals surface area contributed by atoms with Crippen LogP contribution in [-0.4, -0.2) is 75.8 Å². The van der Waals surface area contributed by atoms with Crippen molar-refractivity contribution in [2.24, 2.45) is 9.98 Å². The summed E-state index contributed by atoms with van der Waals surface area (Å²) in [6, 6.07) is 23.0. The second-order valence-electron chi connectivity index (χ2n) is 14.1. The Morgan fingerprint density at radius 2 is 1.40 bits per heavy atom. The molecule has 7 rings (SSSR count). The number of hydrogen-bond donors (Lipinski definition) is 2. The number of nitrogens with zero attached hydrogens (tertiary/aromatic N) is 3. The van der Waals surface area contributed by atoms with Gasteiger partial charge in [0.05, 0.1) is 63.1 Å². The molecule has 0 fully saturated rings. The molecule has 3 aliphatic heterocycles. The zero-order chi connectivity index (χ0) is 39.9. The predicted molar refractivity (Wildman–Crippen MR) is 223 cm³/mol. The van der Waals surface area contributed by atoms with Gasteiger partial charge in [-0.25, -0.2) is 0 Å². The van der Waals surface area contributed by atoms with Crippen LogP contribution in [0.1, 0.15) is 71.4 Å². The molecule has 57 heavy (non-hydrogen) atoms. The average Bonchev–Trinajstić information content (AvgIpc) is 3.61. The van der Waals surface area contributed by atoms with Crippen LogP contribution in [0.25, 0.3) is 11.1 Å². The van der Waals surface area contributed by atoms with Crippen molar-refractivity contribution in [2.45, 2.75) is 51.6 Å². The first-order valence-corrected chi connectivity index (χ1v) is 19.1. The number of nitrogens with one attached hydrogen (secondary N) is 2. The molecule has 4 aromatic rings. The van der Waals surface area contributed by atoms with E-state index >= 15 is 0 Å². The number of anilines is 1. The molecular weight excluding hydrogens is 723 g/mol. The van der Waals surface area contributed by atoms with Crippen LogP contribution < -0.4 is 34.3 Å². The molecule has 3 aliphatic rings. The Bertz CT molecular complexity index is 2240. The highest BCUT2D eigenvalue weighted by atomic mass is 16.5. The van der Waals surface area contributed by atoms with Crippen LogP contribution in [0, 0.1) is 0 Å². The van der Waals surface area contributed by atoms with E-state index in [-0.39, 0.29) is 17.9 Å². The molecule has 2 N–H and O–H groups in total. The largest absolute Gasteiger partial charge is 0.497 e. The highest BCUT2D eigenvalue weighted by molar-refractivity contribution is 6.05. The van der Waals surface area contributed by atoms with Crippen molar-refractivity contribution < 1.29 is 33.3 Å². The first-order valence-electron chi connectivity index (χ1n) is 19.1. The van der Waals surface area contributed by atoms with Crippen LogP contribution in [0.3, 0.4) is 0 Å². The zero-order valence-corrected chi connectivity index (χ0v) is 32.8. The van der Waals surface area contributed by atoms with Gasteiger partial charge in [-0.15, -0.1) is 0 Å². The number of hydrogen-bond acceptors (Lipinski definition) is 10. The molecule has 0 aliphatic carbocycles. The van der Waals surface area contributed by atoms with E-state index < -0.39 is 0 Å². The number of allylic oxidation sites excluding steroid dienone is 1. The highest BCUT2D eigenvalue weighted by Crippen LogP contribution is 2.40. The minimum atomic E-state index is -0.309. The molecule has 0 aromatic heterocycles. The van der Waals surface area contributed by atoms with E-state index in [1.54, 1.807) is 49.6 Å². The third kappa shape index (κ3) is 8.80. The summed E-state index contributed by atoms with van der Waals surface area (Å²) < 4.78 is 28.8. The van der Waals surface area contributed by atoms with Gasteiger partial charge >= 0.3 is 0 Å². The first kappa shape index (κ1) is 38.7. The van der Waals surface area contributed by atoms with E-state index in [1.165, 1.54) is 7.11 Å². The third-order valence-electron chi connectivity index (χ3n) is 9.87. The summed E-state index contributed by atoms with van der Waals surface area (Å²) in [6.45, 7) is 4.81. The molecule has 0 unspecified atom stereocenters. The fraction of sp³-hybridized carbons (Fsp3) is 0.289. The van der Waals surface area contributed by atoms with Crippen molar-refractivity contribution in [2.75, 3.05) is 39.9 Å². The summed E-state index contributed by atoms with van der Waals surface area (Å²) in [5.74, 6) is 2.09. The zero-order valence-electron chi connectivity index (χ0n) is 32.8. The van der Waals surface area contributed by atoms with Crippen molar-refractivity contribution in [3.8, 4) is 28.7 Å². The van der Waals surface area contributed by atoms with Gasteiger partial charge in [0.2, 0.25) is 0 Å². The molecule has 12 nitrogen and oxygen atoms in total. The molecule has 0 radical (unpaired) electrons. The van der Waals surface area contributed by atoms with Crippen LogP contribution in [0.5, 0.6) is 28.7 Å². The Balaban J connectivity index is 0.978. The minimum absolute atomic E-state index is 0.146. The lowest BCUT2D eigenvalue weighted by atomic mass is 10.0. The van der Waals surface area contributed by atoms with Crippen LogP contribution in [0.4, 0.5) is 17.1 Å². The fourth-order valence-electron chi connectivity index (χ4n) is 6.94. The van der Waals surface area contributed by atoms with Gasteiger partial charge in [-0.3, -0.25) is 19.6 Å². The lowest BCUT2D eigenvalue weighted by Crippen LogP contribution is -2.32. The minimum Gasteiger partial charge on any atom is -0.497 e. The summed E-state index contributed by atoms with van der Waals surface area (Å²) in [4.78, 5) is 38.3. The number of amides is 2. The quantitative estimate of drug-likeness (QED) is 0.129. The number of methoxy groups -OCH3 is 3. The lowest BCUT2D eigenvalue weighted by Gasteiger charge is -2.19. The van der Waals surface area contributed by atoms with E-state index in [2.05, 4.69) is 53.7 Å². The number of rotatable bonds is 13. The standard InChI is InChI=1S/C45H47N5O7/c1-28(2)49-33-13-9-30(10-14-33)32-20-34-26-47-39-24-43(41(55-5)22-37(39)45(52)50(34)27-32)57-19-7-18-56-42-23-38-36(21-40(42)54-4)44(51)48-25-31(8-6-17-46-38)29-11-15-35(53-3)16-12-29/h9-17,21-28,34,49H,6-8,18-20H2,1-5H3,(H,48,51)/b31-25+,46-17-/t34-/m0/s1.